The van der Waals surface area contributed by atoms with Gasteiger partial charge in [0.2, 0.25) is 11.8 Å². The summed E-state index contributed by atoms with van der Waals surface area (Å²) in [6, 6.07) is 15.9. The molecule has 3 aromatic rings. The third-order valence-electron chi connectivity index (χ3n) is 5.13. The normalized spacial score (nSPS) is 11.8. The average molecular weight is 452 g/mol. The van der Waals surface area contributed by atoms with Crippen LogP contribution in [0, 0.1) is 13.8 Å². The van der Waals surface area contributed by atoms with E-state index in [1.54, 1.807) is 6.92 Å². The van der Waals surface area contributed by atoms with Crippen LogP contribution in [0.3, 0.4) is 0 Å². The number of benzene rings is 2. The summed E-state index contributed by atoms with van der Waals surface area (Å²) in [6.07, 6.45) is 0.682. The van der Waals surface area contributed by atoms with Gasteiger partial charge in [0, 0.05) is 18.7 Å². The highest BCUT2D eigenvalue weighted by Crippen LogP contribution is 2.23. The number of para-hydroxylation sites is 1. The van der Waals surface area contributed by atoms with Crippen LogP contribution in [0.2, 0.25) is 0 Å². The van der Waals surface area contributed by atoms with E-state index in [1.165, 1.54) is 11.8 Å². The van der Waals surface area contributed by atoms with Gasteiger partial charge >= 0.3 is 0 Å². The minimum atomic E-state index is -0.415. The van der Waals surface area contributed by atoms with Crippen LogP contribution in [0.25, 0.3) is 0 Å². The minimum Gasteiger partial charge on any atom is -0.346 e. The number of rotatable bonds is 9. The summed E-state index contributed by atoms with van der Waals surface area (Å²) < 4.78 is 2.02. The number of thioether (sulfide) groups is 1. The summed E-state index contributed by atoms with van der Waals surface area (Å²) in [6.45, 7) is 8.34. The van der Waals surface area contributed by atoms with Crippen molar-refractivity contribution in [1.29, 1.82) is 0 Å². The zero-order valence-electron chi connectivity index (χ0n) is 18.9. The second-order valence-corrected chi connectivity index (χ2v) is 8.91. The molecule has 3 rings (SSSR count). The summed E-state index contributed by atoms with van der Waals surface area (Å²) >= 11 is 1.34. The highest BCUT2D eigenvalue weighted by molar-refractivity contribution is 8.00. The van der Waals surface area contributed by atoms with Gasteiger partial charge in [-0.15, -0.1) is 10.2 Å². The lowest BCUT2D eigenvalue weighted by molar-refractivity contribution is -0.123. The van der Waals surface area contributed by atoms with E-state index in [0.717, 1.165) is 28.2 Å². The molecule has 0 bridgehead atoms. The van der Waals surface area contributed by atoms with Gasteiger partial charge in [0.15, 0.2) is 5.16 Å². The van der Waals surface area contributed by atoms with Crippen LogP contribution in [-0.2, 0) is 22.6 Å². The molecule has 0 spiro atoms. The van der Waals surface area contributed by atoms with Crippen molar-refractivity contribution in [3.05, 3.63) is 71.0 Å². The number of hydrogen-bond donors (Lipinski definition) is 2. The molecule has 8 heteroatoms. The van der Waals surface area contributed by atoms with E-state index in [1.807, 2.05) is 61.7 Å². The topological polar surface area (TPSA) is 88.9 Å². The monoisotopic (exact) mass is 451 g/mol. The highest BCUT2D eigenvalue weighted by Gasteiger charge is 2.20. The van der Waals surface area contributed by atoms with Crippen molar-refractivity contribution in [3.63, 3.8) is 0 Å². The Hall–Kier alpha value is -3.13. The van der Waals surface area contributed by atoms with E-state index in [4.69, 9.17) is 0 Å². The first-order valence-electron chi connectivity index (χ1n) is 10.7. The van der Waals surface area contributed by atoms with Gasteiger partial charge in [-0.1, -0.05) is 60.3 Å². The number of hydrogen-bond acceptors (Lipinski definition) is 5. The third-order valence-corrected chi connectivity index (χ3v) is 6.22. The van der Waals surface area contributed by atoms with Crippen molar-refractivity contribution in [2.45, 2.75) is 51.1 Å². The van der Waals surface area contributed by atoms with E-state index >= 15 is 0 Å². The molecule has 1 heterocycles. The van der Waals surface area contributed by atoms with Crippen LogP contribution in [0.4, 0.5) is 5.69 Å². The molecule has 2 aromatic carbocycles. The third kappa shape index (κ3) is 5.97. The standard InChI is InChI=1S/C24H29N5O2S/c1-5-29-20(14-19-12-7-6-8-13-19)27-28-24(29)32-18(4)23(31)25-15-21(30)26-22-16(2)10-9-11-17(22)3/h6-13,18H,5,14-15H2,1-4H3,(H,25,31)(H,26,30). The lowest BCUT2D eigenvalue weighted by Crippen LogP contribution is -2.37. The largest absolute Gasteiger partial charge is 0.346 e. The fraction of sp³-hybridized carbons (Fsp3) is 0.333. The Balaban J connectivity index is 1.56. The highest BCUT2D eigenvalue weighted by atomic mass is 32.2. The molecule has 168 valence electrons. The maximum absolute atomic E-state index is 12.6. The van der Waals surface area contributed by atoms with Crippen molar-refractivity contribution >= 4 is 29.3 Å². The van der Waals surface area contributed by atoms with Gasteiger partial charge in [-0.05, 0) is 44.4 Å². The molecule has 0 radical (unpaired) electrons. The van der Waals surface area contributed by atoms with Gasteiger partial charge in [0.25, 0.3) is 0 Å². The number of nitrogens with one attached hydrogen (secondary N) is 2. The predicted octanol–water partition coefficient (Wildman–Crippen LogP) is 3.74. The van der Waals surface area contributed by atoms with E-state index in [-0.39, 0.29) is 18.4 Å². The molecule has 0 saturated carbocycles. The maximum Gasteiger partial charge on any atom is 0.243 e. The van der Waals surface area contributed by atoms with E-state index < -0.39 is 5.25 Å². The van der Waals surface area contributed by atoms with Gasteiger partial charge in [0.1, 0.15) is 5.82 Å². The van der Waals surface area contributed by atoms with E-state index in [2.05, 4.69) is 33.0 Å². The Kier molecular flexibility index (Phi) is 8.05. The molecule has 0 aliphatic rings. The zero-order chi connectivity index (χ0) is 23.1. The molecule has 0 aliphatic carbocycles. The maximum atomic E-state index is 12.6. The molecule has 0 fully saturated rings. The van der Waals surface area contributed by atoms with Crippen LogP contribution in [0.15, 0.2) is 53.7 Å². The van der Waals surface area contributed by atoms with Gasteiger partial charge in [-0.25, -0.2) is 0 Å². The average Bonchev–Trinajstić information content (AvgIpc) is 3.16. The molecule has 7 nitrogen and oxygen atoms in total. The molecule has 0 aliphatic heterocycles. The SMILES string of the molecule is CCn1c(Cc2ccccc2)nnc1SC(C)C(=O)NCC(=O)Nc1c(C)cccc1C. The van der Waals surface area contributed by atoms with Crippen LogP contribution >= 0.6 is 11.8 Å². The number of nitrogens with zero attached hydrogens (tertiary/aromatic N) is 3. The van der Waals surface area contributed by atoms with Crippen LogP contribution in [-0.4, -0.2) is 38.4 Å². The molecule has 1 aromatic heterocycles. The first-order chi connectivity index (χ1) is 15.4. The Bertz CT molecular complexity index is 1060. The number of aryl methyl sites for hydroxylation is 2. The van der Waals surface area contributed by atoms with Crippen LogP contribution < -0.4 is 10.6 Å². The molecular weight excluding hydrogens is 422 g/mol. The summed E-state index contributed by atoms with van der Waals surface area (Å²) in [7, 11) is 0. The van der Waals surface area contributed by atoms with Crippen molar-refractivity contribution in [1.82, 2.24) is 20.1 Å². The summed E-state index contributed by atoms with van der Waals surface area (Å²) in [4.78, 5) is 24.9. The molecule has 2 N–H and O–H groups in total. The number of anilines is 1. The fourth-order valence-electron chi connectivity index (χ4n) is 3.35. The van der Waals surface area contributed by atoms with Gasteiger partial charge in [-0.2, -0.15) is 0 Å². The Morgan fingerprint density at radius 2 is 1.72 bits per heavy atom. The summed E-state index contributed by atoms with van der Waals surface area (Å²) in [5, 5.41) is 14.5. The lowest BCUT2D eigenvalue weighted by Gasteiger charge is -2.14. The first kappa shape index (κ1) is 23.5. The summed E-state index contributed by atoms with van der Waals surface area (Å²) in [5.41, 5.74) is 3.92. The zero-order valence-corrected chi connectivity index (χ0v) is 19.7. The second-order valence-electron chi connectivity index (χ2n) is 7.60. The first-order valence-corrected chi connectivity index (χ1v) is 11.5. The van der Waals surface area contributed by atoms with Crippen molar-refractivity contribution < 1.29 is 9.59 Å². The van der Waals surface area contributed by atoms with Crippen molar-refractivity contribution in [2.24, 2.45) is 0 Å². The number of carbonyl (C=O) groups excluding carboxylic acids is 2. The van der Waals surface area contributed by atoms with Gasteiger partial charge in [0.05, 0.1) is 11.8 Å². The van der Waals surface area contributed by atoms with Crippen LogP contribution in [0.1, 0.15) is 36.4 Å². The number of carbonyl (C=O) groups is 2. The second kappa shape index (κ2) is 10.9. The number of aromatic nitrogens is 3. The summed E-state index contributed by atoms with van der Waals surface area (Å²) in [5.74, 6) is 0.388. The molecule has 32 heavy (non-hydrogen) atoms. The molecular formula is C24H29N5O2S. The molecule has 2 amide bonds. The van der Waals surface area contributed by atoms with E-state index in [9.17, 15) is 9.59 Å². The Morgan fingerprint density at radius 3 is 2.38 bits per heavy atom. The minimum absolute atomic E-state index is 0.0861. The van der Waals surface area contributed by atoms with Crippen molar-refractivity contribution in [2.75, 3.05) is 11.9 Å². The van der Waals surface area contributed by atoms with Crippen molar-refractivity contribution in [3.8, 4) is 0 Å². The predicted molar refractivity (Wildman–Crippen MR) is 128 cm³/mol. The molecule has 1 atom stereocenters. The Morgan fingerprint density at radius 1 is 1.03 bits per heavy atom. The fourth-order valence-corrected chi connectivity index (χ4v) is 4.31. The van der Waals surface area contributed by atoms with Gasteiger partial charge < -0.3 is 15.2 Å². The van der Waals surface area contributed by atoms with Gasteiger partial charge in [-0.3, -0.25) is 9.59 Å². The molecule has 1 unspecified atom stereocenters. The smallest absolute Gasteiger partial charge is 0.243 e. The van der Waals surface area contributed by atoms with E-state index in [0.29, 0.717) is 18.1 Å². The number of amides is 2. The lowest BCUT2D eigenvalue weighted by atomic mass is 10.1. The Labute approximate surface area is 193 Å². The van der Waals surface area contributed by atoms with Crippen LogP contribution in [0.5, 0.6) is 0 Å². The molecule has 0 saturated heterocycles. The quantitative estimate of drug-likeness (QED) is 0.484.